The lowest BCUT2D eigenvalue weighted by atomic mass is 10.1. The Balaban J connectivity index is 0.000000161. The molecule has 0 radical (unpaired) electrons. The third-order valence-electron chi connectivity index (χ3n) is 4.21. The van der Waals surface area contributed by atoms with Crippen LogP contribution in [0.2, 0.25) is 0 Å². The van der Waals surface area contributed by atoms with E-state index in [1.807, 2.05) is 12.1 Å². The lowest BCUT2D eigenvalue weighted by Gasteiger charge is -2.07. The minimum Gasteiger partial charge on any atom is -0.506 e. The summed E-state index contributed by atoms with van der Waals surface area (Å²) in [4.78, 5) is 32.9. The van der Waals surface area contributed by atoms with Gasteiger partial charge in [0.2, 0.25) is 5.78 Å². The molecule has 4 N–H and O–H groups in total. The predicted octanol–water partition coefficient (Wildman–Crippen LogP) is -0.242. The number of nitrogens with one attached hydrogen (secondary N) is 1. The zero-order valence-electron chi connectivity index (χ0n) is 14.4. The van der Waals surface area contributed by atoms with Crippen molar-refractivity contribution in [2.24, 2.45) is 4.99 Å². The molecular weight excluding hydrogens is 350 g/mol. The number of carbonyl (C=O) groups excluding carboxylic acids is 2. The number of carbonyl (C=O) groups is 2. The van der Waals surface area contributed by atoms with E-state index in [2.05, 4.69) is 15.0 Å². The minimum absolute atomic E-state index is 0.0379. The van der Waals surface area contributed by atoms with E-state index in [0.717, 1.165) is 10.9 Å². The second-order valence-corrected chi connectivity index (χ2v) is 5.88. The van der Waals surface area contributed by atoms with Crippen LogP contribution in [0.5, 0.6) is 5.75 Å². The fourth-order valence-electron chi connectivity index (χ4n) is 2.73. The number of aromatic amines is 1. The second kappa shape index (κ2) is 7.48. The number of aliphatic hydroxyl groups is 2. The number of benzene rings is 1. The Labute approximate surface area is 153 Å². The Morgan fingerprint density at radius 3 is 2.59 bits per heavy atom. The summed E-state index contributed by atoms with van der Waals surface area (Å²) in [6.45, 7) is 1.12. The first-order valence-corrected chi connectivity index (χ1v) is 8.09. The maximum Gasteiger partial charge on any atom is 0.318 e. The van der Waals surface area contributed by atoms with Crippen LogP contribution in [0, 0.1) is 6.92 Å². The SMILES string of the molecule is Cc1ncc(CO)c(CO)c1O.O=C1C=c2ccc3[nH]ccc3c2=NC1=O. The standard InChI is InChI=1S/C11H6N2O2.C8H11NO3/c14-9-5-6-1-2-8-7(3-4-12-8)10(6)13-11(9)15;1-5-8(12)7(4-11)6(3-10)2-9-5/h1-5,12H;2,10-12H,3-4H2,1H3. The van der Waals surface area contributed by atoms with Gasteiger partial charge in [-0.2, -0.15) is 0 Å². The van der Waals surface area contributed by atoms with Gasteiger partial charge in [-0.05, 0) is 19.1 Å². The fourth-order valence-corrected chi connectivity index (χ4v) is 2.73. The van der Waals surface area contributed by atoms with Crippen LogP contribution in [0.3, 0.4) is 0 Å². The van der Waals surface area contributed by atoms with Gasteiger partial charge in [0.15, 0.2) is 0 Å². The summed E-state index contributed by atoms with van der Waals surface area (Å²) in [5.41, 5.74) is 2.18. The number of amides is 1. The number of aliphatic hydroxyl groups excluding tert-OH is 2. The van der Waals surface area contributed by atoms with Crippen LogP contribution in [-0.4, -0.2) is 37.0 Å². The van der Waals surface area contributed by atoms with Crippen LogP contribution in [-0.2, 0) is 22.8 Å². The molecule has 1 aliphatic heterocycles. The molecule has 0 spiro atoms. The molecule has 0 saturated heterocycles. The molecule has 0 fully saturated rings. The van der Waals surface area contributed by atoms with Crippen molar-refractivity contribution in [1.82, 2.24) is 9.97 Å². The number of pyridine rings is 1. The Morgan fingerprint density at radius 2 is 1.89 bits per heavy atom. The van der Waals surface area contributed by atoms with Gasteiger partial charge in [0, 0.05) is 45.7 Å². The number of hydrogen-bond donors (Lipinski definition) is 4. The molecule has 4 rings (SSSR count). The number of H-pyrrole nitrogens is 1. The molecule has 1 aliphatic rings. The van der Waals surface area contributed by atoms with E-state index in [4.69, 9.17) is 10.2 Å². The molecule has 138 valence electrons. The van der Waals surface area contributed by atoms with Crippen LogP contribution >= 0.6 is 0 Å². The van der Waals surface area contributed by atoms with Crippen molar-refractivity contribution in [1.29, 1.82) is 0 Å². The molecule has 0 saturated carbocycles. The van der Waals surface area contributed by atoms with Crippen molar-refractivity contribution >= 4 is 28.7 Å². The van der Waals surface area contributed by atoms with E-state index in [9.17, 15) is 14.7 Å². The minimum atomic E-state index is -0.698. The molecule has 3 heterocycles. The number of nitrogens with zero attached hydrogens (tertiary/aromatic N) is 2. The second-order valence-electron chi connectivity index (χ2n) is 5.88. The number of hydrogen-bond acceptors (Lipinski definition) is 6. The summed E-state index contributed by atoms with van der Waals surface area (Å²) < 4.78 is 0. The summed E-state index contributed by atoms with van der Waals surface area (Å²) in [6, 6.07) is 5.49. The van der Waals surface area contributed by atoms with Gasteiger partial charge in [0.05, 0.1) is 24.3 Å². The van der Waals surface area contributed by atoms with Gasteiger partial charge >= 0.3 is 5.91 Å². The monoisotopic (exact) mass is 367 g/mol. The van der Waals surface area contributed by atoms with Crippen molar-refractivity contribution in [2.75, 3.05) is 0 Å². The average Bonchev–Trinajstić information content (AvgIpc) is 3.14. The van der Waals surface area contributed by atoms with Crippen molar-refractivity contribution in [3.8, 4) is 5.75 Å². The molecule has 1 amide bonds. The molecule has 1 aromatic carbocycles. The van der Waals surface area contributed by atoms with E-state index in [0.29, 0.717) is 27.4 Å². The van der Waals surface area contributed by atoms with Crippen molar-refractivity contribution in [3.63, 3.8) is 0 Å². The summed E-state index contributed by atoms with van der Waals surface area (Å²) in [5.74, 6) is -1.29. The van der Waals surface area contributed by atoms with E-state index in [1.54, 1.807) is 19.2 Å². The first kappa shape index (κ1) is 18.4. The van der Waals surface area contributed by atoms with Gasteiger partial charge in [-0.15, -0.1) is 0 Å². The number of aromatic hydroxyl groups is 1. The van der Waals surface area contributed by atoms with Gasteiger partial charge in [0.25, 0.3) is 0 Å². The zero-order valence-corrected chi connectivity index (χ0v) is 14.4. The predicted molar refractivity (Wildman–Crippen MR) is 96.0 cm³/mol. The van der Waals surface area contributed by atoms with Crippen LogP contribution in [0.4, 0.5) is 0 Å². The van der Waals surface area contributed by atoms with Gasteiger partial charge in [0.1, 0.15) is 5.75 Å². The highest BCUT2D eigenvalue weighted by molar-refractivity contribution is 6.48. The lowest BCUT2D eigenvalue weighted by Crippen LogP contribution is -2.34. The van der Waals surface area contributed by atoms with Gasteiger partial charge in [-0.1, -0.05) is 6.07 Å². The molecule has 8 nitrogen and oxygen atoms in total. The molecule has 27 heavy (non-hydrogen) atoms. The van der Waals surface area contributed by atoms with E-state index in [-0.39, 0.29) is 19.0 Å². The maximum absolute atomic E-state index is 11.2. The molecular formula is C19H17N3O5. The highest BCUT2D eigenvalue weighted by atomic mass is 16.3. The Kier molecular flexibility index (Phi) is 5.11. The summed E-state index contributed by atoms with van der Waals surface area (Å²) in [5, 5.41) is 29.2. The number of fused-ring (bicyclic) bond motifs is 3. The Morgan fingerprint density at radius 1 is 1.11 bits per heavy atom. The Hall–Kier alpha value is -3.36. The van der Waals surface area contributed by atoms with E-state index >= 15 is 0 Å². The summed E-state index contributed by atoms with van der Waals surface area (Å²) in [7, 11) is 0. The quantitative estimate of drug-likeness (QED) is 0.462. The summed E-state index contributed by atoms with van der Waals surface area (Å²) in [6.07, 6.45) is 4.55. The number of aromatic nitrogens is 2. The Bertz CT molecular complexity index is 1160. The topological polar surface area (TPSA) is 136 Å². The molecule has 0 atom stereocenters. The number of aryl methyl sites for hydroxylation is 1. The molecule has 0 bridgehead atoms. The average molecular weight is 367 g/mol. The fraction of sp³-hybridized carbons (Fsp3) is 0.158. The third kappa shape index (κ3) is 3.48. The number of ketones is 1. The third-order valence-corrected chi connectivity index (χ3v) is 4.21. The van der Waals surface area contributed by atoms with Crippen LogP contribution in [0.1, 0.15) is 16.8 Å². The first-order chi connectivity index (χ1) is 13.0. The van der Waals surface area contributed by atoms with Crippen LogP contribution < -0.4 is 10.6 Å². The van der Waals surface area contributed by atoms with Crippen LogP contribution in [0.25, 0.3) is 17.0 Å². The molecule has 0 unspecified atom stereocenters. The van der Waals surface area contributed by atoms with Crippen LogP contribution in [0.15, 0.2) is 35.6 Å². The molecule has 8 heteroatoms. The molecule has 2 aromatic heterocycles. The highest BCUT2D eigenvalue weighted by Gasteiger charge is 2.14. The molecule has 3 aromatic rings. The summed E-state index contributed by atoms with van der Waals surface area (Å²) >= 11 is 0. The number of rotatable bonds is 2. The maximum atomic E-state index is 11.2. The zero-order chi connectivity index (χ0) is 19.6. The van der Waals surface area contributed by atoms with Gasteiger partial charge < -0.3 is 20.3 Å². The lowest BCUT2D eigenvalue weighted by molar-refractivity contribution is -0.132. The van der Waals surface area contributed by atoms with E-state index in [1.165, 1.54) is 12.3 Å². The normalized spacial score (nSPS) is 12.7. The van der Waals surface area contributed by atoms with Crippen molar-refractivity contribution < 1.29 is 24.9 Å². The van der Waals surface area contributed by atoms with Gasteiger partial charge in [-0.3, -0.25) is 14.6 Å². The first-order valence-electron chi connectivity index (χ1n) is 8.09. The van der Waals surface area contributed by atoms with E-state index < -0.39 is 11.7 Å². The van der Waals surface area contributed by atoms with Crippen molar-refractivity contribution in [3.05, 3.63) is 58.0 Å². The number of Topliss-reactive ketones (excluding diaryl/α,β-unsaturated/α-hetero) is 1. The molecule has 0 aliphatic carbocycles. The smallest absolute Gasteiger partial charge is 0.318 e. The van der Waals surface area contributed by atoms with Crippen molar-refractivity contribution in [2.45, 2.75) is 20.1 Å². The highest BCUT2D eigenvalue weighted by Crippen LogP contribution is 2.23. The largest absolute Gasteiger partial charge is 0.506 e. The van der Waals surface area contributed by atoms with Gasteiger partial charge in [-0.25, -0.2) is 4.99 Å².